The van der Waals surface area contributed by atoms with Gasteiger partial charge < -0.3 is 19.3 Å². The lowest BCUT2D eigenvalue weighted by Gasteiger charge is -2.49. The molecule has 0 aliphatic heterocycles. The monoisotopic (exact) mass is 430 g/mol. The molecule has 0 bridgehead atoms. The van der Waals surface area contributed by atoms with E-state index < -0.39 is 6.10 Å². The number of rotatable bonds is 5. The predicted molar refractivity (Wildman–Crippen MR) is 119 cm³/mol. The quantitative estimate of drug-likeness (QED) is 0.650. The molecule has 0 spiro atoms. The fraction of sp³-hybridized carbons (Fsp3) is 0.520. The van der Waals surface area contributed by atoms with Crippen LogP contribution < -0.4 is 14.2 Å². The summed E-state index contributed by atoms with van der Waals surface area (Å²) in [5.74, 6) is 3.56. The van der Waals surface area contributed by atoms with Crippen molar-refractivity contribution in [1.82, 2.24) is 0 Å². The number of halogens is 1. The molecule has 4 nitrogen and oxygen atoms in total. The van der Waals surface area contributed by atoms with E-state index in [0.717, 1.165) is 29.9 Å². The molecule has 0 saturated heterocycles. The summed E-state index contributed by atoms with van der Waals surface area (Å²) in [7, 11) is 4.97. The Morgan fingerprint density at radius 3 is 2.13 bits per heavy atom. The first kappa shape index (κ1) is 21.3. The molecule has 162 valence electrons. The van der Waals surface area contributed by atoms with E-state index >= 15 is 0 Å². The standard InChI is InChI=1S/C25H31ClO4/c1-28-22-11-9-15(12-24(22)30-3)19-14-21(27)25(18-7-5-4-6-17(18)19)16-8-10-20(26)23(13-16)29-2/h8-13,17-19,21,25,27H,4-7,14H2,1-3H3. The van der Waals surface area contributed by atoms with E-state index in [1.807, 2.05) is 18.2 Å². The van der Waals surface area contributed by atoms with Gasteiger partial charge in [0, 0.05) is 5.92 Å². The molecule has 30 heavy (non-hydrogen) atoms. The van der Waals surface area contributed by atoms with Crippen molar-refractivity contribution in [3.8, 4) is 17.2 Å². The van der Waals surface area contributed by atoms with Crippen LogP contribution in [0.3, 0.4) is 0 Å². The van der Waals surface area contributed by atoms with Crippen LogP contribution in [0.1, 0.15) is 55.1 Å². The molecule has 1 N–H and O–H groups in total. The number of ether oxygens (including phenoxy) is 3. The molecule has 5 atom stereocenters. The van der Waals surface area contributed by atoms with Crippen molar-refractivity contribution in [1.29, 1.82) is 0 Å². The van der Waals surface area contributed by atoms with Crippen LogP contribution in [0.2, 0.25) is 5.02 Å². The van der Waals surface area contributed by atoms with Crippen LogP contribution in [0.5, 0.6) is 17.2 Å². The van der Waals surface area contributed by atoms with Gasteiger partial charge in [-0.2, -0.15) is 0 Å². The SMILES string of the molecule is COc1cc(C2C(O)CC(c3ccc(OC)c(OC)c3)C3CCCCC32)ccc1Cl. The number of hydrogen-bond acceptors (Lipinski definition) is 4. The smallest absolute Gasteiger partial charge is 0.160 e. The average molecular weight is 431 g/mol. The van der Waals surface area contributed by atoms with Crippen molar-refractivity contribution in [2.45, 2.75) is 50.0 Å². The largest absolute Gasteiger partial charge is 0.495 e. The molecule has 2 fully saturated rings. The van der Waals surface area contributed by atoms with Gasteiger partial charge in [-0.3, -0.25) is 0 Å². The van der Waals surface area contributed by atoms with Gasteiger partial charge in [0.1, 0.15) is 5.75 Å². The second kappa shape index (κ2) is 9.07. The summed E-state index contributed by atoms with van der Waals surface area (Å²) in [6, 6.07) is 12.2. The van der Waals surface area contributed by atoms with Crippen LogP contribution in [0.25, 0.3) is 0 Å². The van der Waals surface area contributed by atoms with Crippen molar-refractivity contribution < 1.29 is 19.3 Å². The molecule has 4 rings (SSSR count). The van der Waals surface area contributed by atoms with Gasteiger partial charge in [-0.05, 0) is 72.4 Å². The van der Waals surface area contributed by atoms with Gasteiger partial charge in [-0.1, -0.05) is 36.6 Å². The highest BCUT2D eigenvalue weighted by molar-refractivity contribution is 6.32. The molecule has 0 amide bonds. The van der Waals surface area contributed by atoms with Crippen LogP contribution in [-0.4, -0.2) is 32.5 Å². The third-order valence-corrected chi connectivity index (χ3v) is 7.47. The van der Waals surface area contributed by atoms with E-state index in [4.69, 9.17) is 25.8 Å². The summed E-state index contributed by atoms with van der Waals surface area (Å²) in [5, 5.41) is 11.9. The minimum absolute atomic E-state index is 0.109. The van der Waals surface area contributed by atoms with Crippen LogP contribution in [-0.2, 0) is 0 Å². The minimum Gasteiger partial charge on any atom is -0.495 e. The third kappa shape index (κ3) is 3.88. The number of methoxy groups -OCH3 is 3. The average Bonchev–Trinajstić information content (AvgIpc) is 2.78. The molecule has 2 saturated carbocycles. The Balaban J connectivity index is 1.69. The van der Waals surface area contributed by atoms with Crippen molar-refractivity contribution in [3.05, 3.63) is 52.5 Å². The van der Waals surface area contributed by atoms with Gasteiger partial charge in [-0.25, -0.2) is 0 Å². The number of benzene rings is 2. The topological polar surface area (TPSA) is 47.9 Å². The Labute approximate surface area is 184 Å². The number of hydrogen-bond donors (Lipinski definition) is 1. The van der Waals surface area contributed by atoms with Gasteiger partial charge in [0.2, 0.25) is 0 Å². The molecule has 5 heteroatoms. The summed E-state index contributed by atoms with van der Waals surface area (Å²) in [6.45, 7) is 0. The fourth-order valence-corrected chi connectivity index (χ4v) is 6.02. The maximum absolute atomic E-state index is 11.3. The normalized spacial score (nSPS) is 28.5. The van der Waals surface area contributed by atoms with E-state index in [1.165, 1.54) is 24.8 Å². The Kier molecular flexibility index (Phi) is 6.45. The zero-order valence-corrected chi connectivity index (χ0v) is 18.7. The first-order chi connectivity index (χ1) is 14.6. The lowest BCUT2D eigenvalue weighted by atomic mass is 9.57. The molecule has 2 aliphatic carbocycles. The number of aliphatic hydroxyl groups is 1. The van der Waals surface area contributed by atoms with Crippen LogP contribution in [0, 0.1) is 11.8 Å². The Bertz CT molecular complexity index is 883. The molecule has 2 aliphatic rings. The second-order valence-corrected chi connectivity index (χ2v) is 8.96. The summed E-state index contributed by atoms with van der Waals surface area (Å²) >= 11 is 6.26. The molecule has 0 aromatic heterocycles. The summed E-state index contributed by atoms with van der Waals surface area (Å²) < 4.78 is 16.4. The van der Waals surface area contributed by atoms with Crippen LogP contribution in [0.4, 0.5) is 0 Å². The van der Waals surface area contributed by atoms with Gasteiger partial charge >= 0.3 is 0 Å². The lowest BCUT2D eigenvalue weighted by Crippen LogP contribution is -2.42. The molecule has 0 heterocycles. The molecule has 2 aromatic rings. The van der Waals surface area contributed by atoms with Crippen molar-refractivity contribution in [3.63, 3.8) is 0 Å². The third-order valence-electron chi connectivity index (χ3n) is 7.16. The zero-order valence-electron chi connectivity index (χ0n) is 17.9. The maximum Gasteiger partial charge on any atom is 0.160 e. The highest BCUT2D eigenvalue weighted by Crippen LogP contribution is 2.55. The molecule has 0 radical (unpaired) electrons. The summed E-state index contributed by atoms with van der Waals surface area (Å²) in [4.78, 5) is 0. The first-order valence-corrected chi connectivity index (χ1v) is 11.2. The van der Waals surface area contributed by atoms with Gasteiger partial charge in [0.05, 0.1) is 32.5 Å². The Morgan fingerprint density at radius 2 is 1.43 bits per heavy atom. The number of aliphatic hydroxyl groups excluding tert-OH is 1. The van der Waals surface area contributed by atoms with E-state index in [9.17, 15) is 5.11 Å². The maximum atomic E-state index is 11.3. The fourth-order valence-electron chi connectivity index (χ4n) is 5.82. The lowest BCUT2D eigenvalue weighted by molar-refractivity contribution is 0.00780. The first-order valence-electron chi connectivity index (χ1n) is 10.8. The van der Waals surface area contributed by atoms with E-state index in [0.29, 0.717) is 28.5 Å². The highest BCUT2D eigenvalue weighted by Gasteiger charge is 2.46. The Hall–Kier alpha value is -1.91. The van der Waals surface area contributed by atoms with Crippen LogP contribution >= 0.6 is 11.6 Å². The second-order valence-electron chi connectivity index (χ2n) is 8.56. The zero-order chi connectivity index (χ0) is 21.3. The van der Waals surface area contributed by atoms with Crippen LogP contribution in [0.15, 0.2) is 36.4 Å². The molecule has 2 aromatic carbocycles. The van der Waals surface area contributed by atoms with Gasteiger partial charge in [-0.15, -0.1) is 0 Å². The summed E-state index contributed by atoms with van der Waals surface area (Å²) in [5.41, 5.74) is 2.36. The van der Waals surface area contributed by atoms with Gasteiger partial charge in [0.25, 0.3) is 0 Å². The number of fused-ring (bicyclic) bond motifs is 1. The molecular formula is C25H31ClO4. The summed E-state index contributed by atoms with van der Waals surface area (Å²) in [6.07, 6.45) is 5.13. The van der Waals surface area contributed by atoms with E-state index in [1.54, 1.807) is 21.3 Å². The van der Waals surface area contributed by atoms with Crippen molar-refractivity contribution in [2.24, 2.45) is 11.8 Å². The Morgan fingerprint density at radius 1 is 0.800 bits per heavy atom. The van der Waals surface area contributed by atoms with E-state index in [2.05, 4.69) is 18.2 Å². The minimum atomic E-state index is -0.409. The van der Waals surface area contributed by atoms with Crippen molar-refractivity contribution >= 4 is 11.6 Å². The van der Waals surface area contributed by atoms with Gasteiger partial charge in [0.15, 0.2) is 11.5 Å². The predicted octanol–water partition coefficient (Wildman–Crippen LogP) is 5.80. The molecule has 5 unspecified atom stereocenters. The highest BCUT2D eigenvalue weighted by atomic mass is 35.5. The molecular weight excluding hydrogens is 400 g/mol. The van der Waals surface area contributed by atoms with Crippen molar-refractivity contribution in [2.75, 3.05) is 21.3 Å². The van der Waals surface area contributed by atoms with E-state index in [-0.39, 0.29) is 5.92 Å².